The van der Waals surface area contributed by atoms with Gasteiger partial charge in [0.15, 0.2) is 6.29 Å². The number of nitro groups is 1. The van der Waals surface area contributed by atoms with Gasteiger partial charge in [-0.1, -0.05) is 0 Å². The number of hydrogen-bond donors (Lipinski definition) is 1. The molecule has 1 rings (SSSR count). The van der Waals surface area contributed by atoms with Crippen molar-refractivity contribution in [3.63, 3.8) is 0 Å². The van der Waals surface area contributed by atoms with E-state index in [0.717, 1.165) is 6.08 Å². The molecule has 7 heteroatoms. The minimum Gasteiger partial charge on any atom is -0.478 e. The van der Waals surface area contributed by atoms with Gasteiger partial charge in [0, 0.05) is 11.6 Å². The first-order chi connectivity index (χ1) is 8.51. The number of benzene rings is 1. The van der Waals surface area contributed by atoms with Crippen molar-refractivity contribution in [3.8, 4) is 6.07 Å². The van der Waals surface area contributed by atoms with Crippen LogP contribution >= 0.6 is 0 Å². The van der Waals surface area contributed by atoms with Gasteiger partial charge in [-0.05, 0) is 18.2 Å². The SMILES string of the molecule is N#Cc1c(C=O)ccc(/C=C/C(=O)O)c1[N+](=O)[O-]. The van der Waals surface area contributed by atoms with Crippen LogP contribution in [-0.4, -0.2) is 22.3 Å². The minimum atomic E-state index is -1.28. The third-order valence-corrected chi connectivity index (χ3v) is 2.07. The molecular formula is C11H6N2O5. The predicted octanol–water partition coefficient (Wildman–Crippen LogP) is 1.38. The molecule has 0 heterocycles. The van der Waals surface area contributed by atoms with Gasteiger partial charge in [0.2, 0.25) is 0 Å². The van der Waals surface area contributed by atoms with Crippen molar-refractivity contribution in [2.75, 3.05) is 0 Å². The summed E-state index contributed by atoms with van der Waals surface area (Å²) in [6.45, 7) is 0. The van der Waals surface area contributed by atoms with Gasteiger partial charge in [-0.2, -0.15) is 5.26 Å². The van der Waals surface area contributed by atoms with Crippen LogP contribution in [0.1, 0.15) is 21.5 Å². The molecule has 0 bridgehead atoms. The number of carbonyl (C=O) groups is 2. The molecule has 0 fully saturated rings. The molecule has 0 saturated heterocycles. The van der Waals surface area contributed by atoms with Crippen molar-refractivity contribution in [2.45, 2.75) is 0 Å². The second-order valence-corrected chi connectivity index (χ2v) is 3.13. The number of aldehydes is 1. The molecule has 0 aliphatic rings. The average Bonchev–Trinajstić information content (AvgIpc) is 2.34. The number of carbonyl (C=O) groups excluding carboxylic acids is 1. The molecule has 0 amide bonds. The van der Waals surface area contributed by atoms with Gasteiger partial charge < -0.3 is 5.11 Å². The topological polar surface area (TPSA) is 121 Å². The molecule has 0 unspecified atom stereocenters. The number of nitro benzene ring substituents is 1. The fourth-order valence-corrected chi connectivity index (χ4v) is 1.33. The first-order valence-electron chi connectivity index (χ1n) is 4.59. The van der Waals surface area contributed by atoms with Crippen LogP contribution in [0.25, 0.3) is 6.08 Å². The summed E-state index contributed by atoms with van der Waals surface area (Å²) in [4.78, 5) is 31.1. The third kappa shape index (κ3) is 2.56. The minimum absolute atomic E-state index is 0.0513. The van der Waals surface area contributed by atoms with Crippen LogP contribution in [0.3, 0.4) is 0 Å². The molecular weight excluding hydrogens is 240 g/mol. The molecule has 0 aliphatic heterocycles. The lowest BCUT2D eigenvalue weighted by atomic mass is 10.0. The molecule has 0 atom stereocenters. The number of aliphatic carboxylic acids is 1. The van der Waals surface area contributed by atoms with E-state index >= 15 is 0 Å². The molecule has 1 aromatic carbocycles. The summed E-state index contributed by atoms with van der Waals surface area (Å²) < 4.78 is 0. The van der Waals surface area contributed by atoms with Crippen molar-refractivity contribution in [1.82, 2.24) is 0 Å². The van der Waals surface area contributed by atoms with Crippen LogP contribution in [0.5, 0.6) is 0 Å². The second-order valence-electron chi connectivity index (χ2n) is 3.13. The number of carboxylic acid groups (broad SMARTS) is 1. The molecule has 7 nitrogen and oxygen atoms in total. The fourth-order valence-electron chi connectivity index (χ4n) is 1.33. The first kappa shape index (κ1) is 13.1. The zero-order valence-electron chi connectivity index (χ0n) is 8.86. The molecule has 1 N–H and O–H groups in total. The normalized spacial score (nSPS) is 9.94. The molecule has 1 aromatic rings. The zero-order valence-corrected chi connectivity index (χ0v) is 8.86. The standard InChI is InChI=1S/C11H6N2O5/c12-5-9-8(6-14)2-1-7(3-4-10(15)16)11(9)13(17)18/h1-4,6H,(H,15,16)/b4-3+. The van der Waals surface area contributed by atoms with Crippen LogP contribution in [0.2, 0.25) is 0 Å². The van der Waals surface area contributed by atoms with Gasteiger partial charge in [-0.15, -0.1) is 0 Å². The number of nitrogens with zero attached hydrogens (tertiary/aromatic N) is 2. The van der Waals surface area contributed by atoms with Crippen LogP contribution in [0, 0.1) is 21.4 Å². The van der Waals surface area contributed by atoms with Crippen molar-refractivity contribution in [3.05, 3.63) is 45.0 Å². The Hall–Kier alpha value is -3.01. The molecule has 0 radical (unpaired) electrons. The van der Waals surface area contributed by atoms with Gasteiger partial charge in [-0.3, -0.25) is 14.9 Å². The second kappa shape index (κ2) is 5.36. The quantitative estimate of drug-likeness (QED) is 0.370. The molecule has 0 saturated carbocycles. The van der Waals surface area contributed by atoms with Gasteiger partial charge in [0.25, 0.3) is 5.69 Å². The largest absolute Gasteiger partial charge is 0.478 e. The summed E-state index contributed by atoms with van der Waals surface area (Å²) in [5, 5.41) is 28.2. The highest BCUT2D eigenvalue weighted by Gasteiger charge is 2.21. The van der Waals surface area contributed by atoms with E-state index in [1.807, 2.05) is 0 Å². The van der Waals surface area contributed by atoms with E-state index in [9.17, 15) is 19.7 Å². The lowest BCUT2D eigenvalue weighted by molar-refractivity contribution is -0.385. The molecule has 0 spiro atoms. The zero-order chi connectivity index (χ0) is 13.7. The van der Waals surface area contributed by atoms with E-state index in [1.54, 1.807) is 6.07 Å². The van der Waals surface area contributed by atoms with Gasteiger partial charge >= 0.3 is 5.97 Å². The molecule has 18 heavy (non-hydrogen) atoms. The maximum absolute atomic E-state index is 10.9. The first-order valence-corrected chi connectivity index (χ1v) is 4.59. The van der Waals surface area contributed by atoms with Crippen LogP contribution < -0.4 is 0 Å². The summed E-state index contributed by atoms with van der Waals surface area (Å²) in [5.41, 5.74) is -1.14. The summed E-state index contributed by atoms with van der Waals surface area (Å²) in [6.07, 6.45) is 2.04. The molecule has 0 aromatic heterocycles. The monoisotopic (exact) mass is 246 g/mol. The van der Waals surface area contributed by atoms with Crippen molar-refractivity contribution >= 4 is 24.0 Å². The molecule has 90 valence electrons. The Morgan fingerprint density at radius 1 is 1.44 bits per heavy atom. The maximum atomic E-state index is 10.9. The van der Waals surface area contributed by atoms with E-state index in [2.05, 4.69) is 0 Å². The Morgan fingerprint density at radius 3 is 2.50 bits per heavy atom. The Balaban J connectivity index is 3.55. The van der Waals surface area contributed by atoms with Gasteiger partial charge in [0.05, 0.1) is 10.5 Å². The average molecular weight is 246 g/mol. The highest BCUT2D eigenvalue weighted by atomic mass is 16.6. The molecule has 0 aliphatic carbocycles. The van der Waals surface area contributed by atoms with Crippen molar-refractivity contribution in [1.29, 1.82) is 5.26 Å². The number of carboxylic acids is 1. The number of rotatable bonds is 4. The summed E-state index contributed by atoms with van der Waals surface area (Å²) in [5.74, 6) is -1.28. The Bertz CT molecular complexity index is 598. The van der Waals surface area contributed by atoms with E-state index in [-0.39, 0.29) is 16.7 Å². The highest BCUT2D eigenvalue weighted by molar-refractivity contribution is 5.89. The third-order valence-electron chi connectivity index (χ3n) is 2.07. The fraction of sp³-hybridized carbons (Fsp3) is 0. The summed E-state index contributed by atoms with van der Waals surface area (Å²) >= 11 is 0. The van der Waals surface area contributed by atoms with Crippen LogP contribution in [-0.2, 0) is 4.79 Å². The highest BCUT2D eigenvalue weighted by Crippen LogP contribution is 2.27. The van der Waals surface area contributed by atoms with E-state index in [1.165, 1.54) is 12.1 Å². The van der Waals surface area contributed by atoms with Crippen LogP contribution in [0.4, 0.5) is 5.69 Å². The lowest BCUT2D eigenvalue weighted by Crippen LogP contribution is -2.00. The Kier molecular flexibility index (Phi) is 3.89. The smallest absolute Gasteiger partial charge is 0.328 e. The van der Waals surface area contributed by atoms with Crippen molar-refractivity contribution < 1.29 is 19.6 Å². The Labute approximate surface area is 101 Å². The Morgan fingerprint density at radius 2 is 2.06 bits per heavy atom. The van der Waals surface area contributed by atoms with Gasteiger partial charge in [-0.25, -0.2) is 4.79 Å². The maximum Gasteiger partial charge on any atom is 0.328 e. The van der Waals surface area contributed by atoms with Gasteiger partial charge in [0.1, 0.15) is 11.6 Å². The number of hydrogen-bond acceptors (Lipinski definition) is 5. The lowest BCUT2D eigenvalue weighted by Gasteiger charge is -2.01. The van der Waals surface area contributed by atoms with Crippen molar-refractivity contribution in [2.24, 2.45) is 0 Å². The van der Waals surface area contributed by atoms with E-state index in [0.29, 0.717) is 12.4 Å². The summed E-state index contributed by atoms with van der Waals surface area (Å²) in [6, 6.07) is 4.00. The predicted molar refractivity (Wildman–Crippen MR) is 59.9 cm³/mol. The summed E-state index contributed by atoms with van der Waals surface area (Å²) in [7, 11) is 0. The van der Waals surface area contributed by atoms with Crippen LogP contribution in [0.15, 0.2) is 18.2 Å². The van der Waals surface area contributed by atoms with E-state index < -0.39 is 16.6 Å². The van der Waals surface area contributed by atoms with E-state index in [4.69, 9.17) is 10.4 Å². The number of nitriles is 1.